The fraction of sp³-hybridized carbons (Fsp3) is 0.333. The standard InChI is InChI=1S/C30H32N4O2/c1-20-18-24(30(36)34-16-12-22(13-17-34)33-14-5-6-15-33)27(31-20)19-25-28-23(21-8-3-2-4-9-21)10-7-11-26(28)32-29(25)35/h2-4,7-11,18-19,22,31H,5-6,12-17H2,1H3,(H,32,35)/b25-19-. The number of hydrogen-bond acceptors (Lipinski definition) is 3. The monoisotopic (exact) mass is 480 g/mol. The number of aromatic amines is 1. The van der Waals surface area contributed by atoms with Gasteiger partial charge in [-0.1, -0.05) is 42.5 Å². The second-order valence-corrected chi connectivity index (χ2v) is 10.2. The lowest BCUT2D eigenvalue weighted by atomic mass is 9.94. The first-order valence-electron chi connectivity index (χ1n) is 13.0. The third kappa shape index (κ3) is 4.16. The van der Waals surface area contributed by atoms with Gasteiger partial charge in [-0.05, 0) is 75.0 Å². The van der Waals surface area contributed by atoms with Gasteiger partial charge in [0.2, 0.25) is 0 Å². The Kier molecular flexibility index (Phi) is 5.97. The molecule has 3 aromatic rings. The Bertz CT molecular complexity index is 1330. The molecule has 0 bridgehead atoms. The smallest absolute Gasteiger partial charge is 0.256 e. The highest BCUT2D eigenvalue weighted by Gasteiger charge is 2.31. The molecule has 0 radical (unpaired) electrons. The Hall–Kier alpha value is -3.64. The van der Waals surface area contributed by atoms with E-state index in [1.807, 2.05) is 60.4 Å². The zero-order valence-corrected chi connectivity index (χ0v) is 20.7. The first-order chi connectivity index (χ1) is 17.6. The van der Waals surface area contributed by atoms with Crippen LogP contribution in [0.1, 0.15) is 53.0 Å². The van der Waals surface area contributed by atoms with Crippen LogP contribution < -0.4 is 5.32 Å². The van der Waals surface area contributed by atoms with Gasteiger partial charge < -0.3 is 20.1 Å². The summed E-state index contributed by atoms with van der Waals surface area (Å²) in [5.74, 6) is -0.105. The molecule has 2 fully saturated rings. The van der Waals surface area contributed by atoms with E-state index in [1.54, 1.807) is 0 Å². The number of piperidine rings is 1. The Morgan fingerprint density at radius 2 is 1.72 bits per heavy atom. The molecule has 0 aliphatic carbocycles. The predicted octanol–water partition coefficient (Wildman–Crippen LogP) is 5.18. The Morgan fingerprint density at radius 1 is 0.972 bits per heavy atom. The zero-order valence-electron chi connectivity index (χ0n) is 20.7. The van der Waals surface area contributed by atoms with Crippen LogP contribution in [0.4, 0.5) is 5.69 Å². The number of fused-ring (bicyclic) bond motifs is 1. The molecule has 2 saturated heterocycles. The van der Waals surface area contributed by atoms with E-state index in [9.17, 15) is 9.59 Å². The molecule has 0 atom stereocenters. The van der Waals surface area contributed by atoms with Crippen molar-refractivity contribution < 1.29 is 9.59 Å². The molecule has 36 heavy (non-hydrogen) atoms. The fourth-order valence-corrected chi connectivity index (χ4v) is 6.00. The van der Waals surface area contributed by atoms with Crippen LogP contribution >= 0.6 is 0 Å². The number of carbonyl (C=O) groups is 2. The lowest BCUT2D eigenvalue weighted by Crippen LogP contribution is -2.46. The molecule has 0 unspecified atom stereocenters. The molecule has 3 aliphatic heterocycles. The van der Waals surface area contributed by atoms with Crippen LogP contribution in [-0.2, 0) is 4.79 Å². The highest BCUT2D eigenvalue weighted by molar-refractivity contribution is 6.36. The average molecular weight is 481 g/mol. The number of likely N-dealkylation sites (tertiary alicyclic amines) is 2. The van der Waals surface area contributed by atoms with Gasteiger partial charge in [0.05, 0.1) is 16.8 Å². The molecule has 4 heterocycles. The quantitative estimate of drug-likeness (QED) is 0.506. The second kappa shape index (κ2) is 9.43. The largest absolute Gasteiger partial charge is 0.358 e. The maximum absolute atomic E-state index is 13.6. The number of anilines is 1. The van der Waals surface area contributed by atoms with Crippen LogP contribution in [0.5, 0.6) is 0 Å². The van der Waals surface area contributed by atoms with Crippen molar-refractivity contribution in [1.82, 2.24) is 14.8 Å². The maximum atomic E-state index is 13.6. The zero-order chi connectivity index (χ0) is 24.6. The highest BCUT2D eigenvalue weighted by Crippen LogP contribution is 2.40. The van der Waals surface area contributed by atoms with Gasteiger partial charge in [-0.25, -0.2) is 0 Å². The van der Waals surface area contributed by atoms with E-state index in [4.69, 9.17) is 0 Å². The number of hydrogen-bond donors (Lipinski definition) is 2. The number of nitrogens with one attached hydrogen (secondary N) is 2. The Labute approximate surface area is 212 Å². The molecule has 1 aromatic heterocycles. The molecule has 184 valence electrons. The summed E-state index contributed by atoms with van der Waals surface area (Å²) in [4.78, 5) is 34.6. The van der Waals surface area contributed by atoms with E-state index in [0.29, 0.717) is 22.9 Å². The van der Waals surface area contributed by atoms with E-state index in [1.165, 1.54) is 25.9 Å². The predicted molar refractivity (Wildman–Crippen MR) is 144 cm³/mol. The molecule has 0 saturated carbocycles. The van der Waals surface area contributed by atoms with E-state index >= 15 is 0 Å². The van der Waals surface area contributed by atoms with Gasteiger partial charge in [0.25, 0.3) is 11.8 Å². The van der Waals surface area contributed by atoms with Crippen molar-refractivity contribution in [2.75, 3.05) is 31.5 Å². The van der Waals surface area contributed by atoms with Crippen LogP contribution in [-0.4, -0.2) is 58.8 Å². The summed E-state index contributed by atoms with van der Waals surface area (Å²) < 4.78 is 0. The van der Waals surface area contributed by atoms with Gasteiger partial charge in [-0.2, -0.15) is 0 Å². The molecule has 0 spiro atoms. The number of benzene rings is 2. The lowest BCUT2D eigenvalue weighted by Gasteiger charge is -2.36. The number of H-pyrrole nitrogens is 1. The summed E-state index contributed by atoms with van der Waals surface area (Å²) in [6, 6.07) is 18.5. The molecule has 6 nitrogen and oxygen atoms in total. The molecule has 6 rings (SSSR count). The van der Waals surface area contributed by atoms with Crippen molar-refractivity contribution in [3.63, 3.8) is 0 Å². The van der Waals surface area contributed by atoms with E-state index in [0.717, 1.165) is 54.0 Å². The van der Waals surface area contributed by atoms with Crippen LogP contribution in [0.15, 0.2) is 54.6 Å². The third-order valence-corrected chi connectivity index (χ3v) is 7.82. The summed E-state index contributed by atoms with van der Waals surface area (Å²) in [6.45, 7) is 5.91. The normalized spacial score (nSPS) is 19.6. The number of aryl methyl sites for hydroxylation is 1. The number of aromatic nitrogens is 1. The SMILES string of the molecule is Cc1cc(C(=O)N2CCC(N3CCCC3)CC2)c(/C=C2\C(=O)Nc3cccc(-c4ccccc4)c32)[nH]1. The Morgan fingerprint density at radius 3 is 2.47 bits per heavy atom. The molecule has 6 heteroatoms. The van der Waals surface area contributed by atoms with Gasteiger partial charge in [-0.3, -0.25) is 9.59 Å². The van der Waals surface area contributed by atoms with Crippen molar-refractivity contribution in [1.29, 1.82) is 0 Å². The molecule has 3 aliphatic rings. The summed E-state index contributed by atoms with van der Waals surface area (Å²) in [6.07, 6.45) is 6.50. The van der Waals surface area contributed by atoms with Crippen molar-refractivity contribution in [3.8, 4) is 11.1 Å². The second-order valence-electron chi connectivity index (χ2n) is 10.2. The first-order valence-corrected chi connectivity index (χ1v) is 13.0. The maximum Gasteiger partial charge on any atom is 0.256 e. The first kappa shape index (κ1) is 22.8. The summed E-state index contributed by atoms with van der Waals surface area (Å²) in [5.41, 5.74) is 6.55. The topological polar surface area (TPSA) is 68.4 Å². The van der Waals surface area contributed by atoms with Gasteiger partial charge in [0.1, 0.15) is 0 Å². The molecule has 2 amide bonds. The number of amides is 2. The van der Waals surface area contributed by atoms with Crippen LogP contribution in [0.3, 0.4) is 0 Å². The Balaban J connectivity index is 1.30. The minimum atomic E-state index is -0.148. The van der Waals surface area contributed by atoms with Crippen molar-refractivity contribution in [3.05, 3.63) is 77.1 Å². The van der Waals surface area contributed by atoms with E-state index in [-0.39, 0.29) is 11.8 Å². The van der Waals surface area contributed by atoms with Crippen LogP contribution in [0.2, 0.25) is 0 Å². The van der Waals surface area contributed by atoms with Crippen LogP contribution in [0.25, 0.3) is 22.8 Å². The van der Waals surface area contributed by atoms with E-state index < -0.39 is 0 Å². The van der Waals surface area contributed by atoms with Crippen molar-refractivity contribution >= 4 is 29.2 Å². The fourth-order valence-electron chi connectivity index (χ4n) is 6.00. The average Bonchev–Trinajstić information content (AvgIpc) is 3.64. The minimum Gasteiger partial charge on any atom is -0.358 e. The van der Waals surface area contributed by atoms with Gasteiger partial charge in [-0.15, -0.1) is 0 Å². The van der Waals surface area contributed by atoms with Gasteiger partial charge in [0, 0.05) is 36.1 Å². The molecular weight excluding hydrogens is 448 g/mol. The molecular formula is C30H32N4O2. The molecule has 2 N–H and O–H groups in total. The lowest BCUT2D eigenvalue weighted by molar-refractivity contribution is -0.110. The highest BCUT2D eigenvalue weighted by atomic mass is 16.2. The number of nitrogens with zero attached hydrogens (tertiary/aromatic N) is 2. The third-order valence-electron chi connectivity index (χ3n) is 7.82. The molecule has 2 aromatic carbocycles. The summed E-state index contributed by atoms with van der Waals surface area (Å²) >= 11 is 0. The number of rotatable bonds is 4. The number of carbonyl (C=O) groups excluding carboxylic acids is 2. The summed E-state index contributed by atoms with van der Waals surface area (Å²) in [5, 5.41) is 3.01. The van der Waals surface area contributed by atoms with Gasteiger partial charge in [0.15, 0.2) is 0 Å². The van der Waals surface area contributed by atoms with Crippen LogP contribution in [0, 0.1) is 6.92 Å². The summed E-state index contributed by atoms with van der Waals surface area (Å²) in [7, 11) is 0. The van der Waals surface area contributed by atoms with Crippen molar-refractivity contribution in [2.45, 2.75) is 38.6 Å². The van der Waals surface area contributed by atoms with Gasteiger partial charge >= 0.3 is 0 Å². The van der Waals surface area contributed by atoms with E-state index in [2.05, 4.69) is 27.3 Å². The van der Waals surface area contributed by atoms with Crippen molar-refractivity contribution in [2.24, 2.45) is 0 Å². The minimum absolute atomic E-state index is 0.0426.